The molecular formula is C15H14F2N2OS. The summed E-state index contributed by atoms with van der Waals surface area (Å²) in [6.45, 7) is 0. The molecule has 0 aliphatic carbocycles. The molecule has 0 spiro atoms. The third kappa shape index (κ3) is 4.03. The maximum Gasteiger partial charge on any atom is 0.242 e. The Bertz CT molecular complexity index is 622. The van der Waals surface area contributed by atoms with Gasteiger partial charge in [-0.25, -0.2) is 14.6 Å². The van der Waals surface area contributed by atoms with E-state index < -0.39 is 17.6 Å². The minimum atomic E-state index is -0.639. The summed E-state index contributed by atoms with van der Waals surface area (Å²) in [5, 5.41) is 0. The number of benzene rings is 2. The van der Waals surface area contributed by atoms with Crippen LogP contribution in [0.4, 0.5) is 8.78 Å². The van der Waals surface area contributed by atoms with Crippen molar-refractivity contribution in [2.45, 2.75) is 10.8 Å². The molecule has 6 heteroatoms. The molecule has 1 unspecified atom stereocenters. The third-order valence-corrected chi connectivity index (χ3v) is 4.10. The summed E-state index contributed by atoms with van der Waals surface area (Å²) in [5.41, 5.74) is 2.91. The lowest BCUT2D eigenvalue weighted by molar-refractivity contribution is -0.122. The van der Waals surface area contributed by atoms with Gasteiger partial charge in [-0.3, -0.25) is 10.2 Å². The first-order valence-electron chi connectivity index (χ1n) is 6.25. The number of hydrazine groups is 1. The van der Waals surface area contributed by atoms with Crippen molar-refractivity contribution in [3.05, 3.63) is 65.7 Å². The van der Waals surface area contributed by atoms with Gasteiger partial charge in [-0.15, -0.1) is 11.8 Å². The Morgan fingerprint density at radius 3 is 2.52 bits per heavy atom. The van der Waals surface area contributed by atoms with Crippen LogP contribution in [0.1, 0.15) is 11.5 Å². The van der Waals surface area contributed by atoms with Gasteiger partial charge in [-0.1, -0.05) is 30.3 Å². The van der Waals surface area contributed by atoms with Crippen LogP contribution in [0.15, 0.2) is 53.4 Å². The van der Waals surface area contributed by atoms with Crippen molar-refractivity contribution >= 4 is 17.7 Å². The molecule has 0 radical (unpaired) electrons. The van der Waals surface area contributed by atoms with Gasteiger partial charge >= 0.3 is 0 Å². The van der Waals surface area contributed by atoms with Crippen molar-refractivity contribution in [3.63, 3.8) is 0 Å². The van der Waals surface area contributed by atoms with Crippen LogP contribution in [-0.2, 0) is 4.79 Å². The van der Waals surface area contributed by atoms with Crippen molar-refractivity contribution in [1.82, 2.24) is 5.43 Å². The van der Waals surface area contributed by atoms with E-state index >= 15 is 0 Å². The number of nitrogens with one attached hydrogen (secondary N) is 1. The Kier molecular flexibility index (Phi) is 5.30. The second-order valence-corrected chi connectivity index (χ2v) is 5.42. The Morgan fingerprint density at radius 1 is 1.19 bits per heavy atom. The molecule has 0 aliphatic rings. The van der Waals surface area contributed by atoms with E-state index in [0.717, 1.165) is 23.4 Å². The number of hydrogen-bond acceptors (Lipinski definition) is 3. The highest BCUT2D eigenvalue weighted by atomic mass is 32.2. The fraction of sp³-hybridized carbons (Fsp3) is 0.133. The van der Waals surface area contributed by atoms with E-state index in [4.69, 9.17) is 5.84 Å². The lowest BCUT2D eigenvalue weighted by Gasteiger charge is -2.15. The topological polar surface area (TPSA) is 55.1 Å². The molecule has 0 saturated heterocycles. The maximum absolute atomic E-state index is 13.6. The van der Waals surface area contributed by atoms with Crippen LogP contribution >= 0.6 is 11.8 Å². The van der Waals surface area contributed by atoms with Crippen LogP contribution in [0.3, 0.4) is 0 Å². The molecule has 2 rings (SSSR count). The largest absolute Gasteiger partial charge is 0.294 e. The number of carbonyl (C=O) groups is 1. The summed E-state index contributed by atoms with van der Waals surface area (Å²) >= 11 is 1.14. The molecule has 1 amide bonds. The number of halogens is 2. The number of carbonyl (C=O) groups excluding carboxylic acids is 1. The average Bonchev–Trinajstić information content (AvgIpc) is 2.50. The molecule has 0 saturated carbocycles. The maximum atomic E-state index is 13.6. The molecule has 0 fully saturated rings. The molecular weight excluding hydrogens is 294 g/mol. The normalized spacial score (nSPS) is 12.0. The molecule has 3 nitrogen and oxygen atoms in total. The lowest BCUT2D eigenvalue weighted by Crippen LogP contribution is -2.35. The van der Waals surface area contributed by atoms with Crippen molar-refractivity contribution in [1.29, 1.82) is 0 Å². The Hall–Kier alpha value is -1.92. The van der Waals surface area contributed by atoms with Crippen LogP contribution in [-0.4, -0.2) is 11.7 Å². The van der Waals surface area contributed by atoms with Gasteiger partial charge in [0.1, 0.15) is 11.6 Å². The molecule has 3 N–H and O–H groups in total. The molecule has 0 aromatic heterocycles. The number of hydrogen-bond donors (Lipinski definition) is 2. The zero-order valence-corrected chi connectivity index (χ0v) is 11.9. The van der Waals surface area contributed by atoms with E-state index in [9.17, 15) is 13.6 Å². The van der Waals surface area contributed by atoms with Crippen LogP contribution < -0.4 is 11.3 Å². The quantitative estimate of drug-likeness (QED) is 0.386. The van der Waals surface area contributed by atoms with Crippen molar-refractivity contribution in [2.24, 2.45) is 5.84 Å². The number of nitrogens with two attached hydrogens (primary N) is 1. The summed E-state index contributed by atoms with van der Waals surface area (Å²) in [6.07, 6.45) is 0. The van der Waals surface area contributed by atoms with Crippen molar-refractivity contribution in [3.8, 4) is 0 Å². The number of rotatable bonds is 5. The van der Waals surface area contributed by atoms with E-state index in [2.05, 4.69) is 5.43 Å². The average molecular weight is 308 g/mol. The Balaban J connectivity index is 2.15. The molecule has 0 heterocycles. The summed E-state index contributed by atoms with van der Waals surface area (Å²) < 4.78 is 26.5. The third-order valence-electron chi connectivity index (χ3n) is 2.96. The fourth-order valence-corrected chi connectivity index (χ4v) is 2.93. The van der Waals surface area contributed by atoms with Gasteiger partial charge in [0.2, 0.25) is 5.91 Å². The second-order valence-electron chi connectivity index (χ2n) is 4.36. The highest BCUT2D eigenvalue weighted by molar-refractivity contribution is 7.99. The molecule has 0 bridgehead atoms. The second kappa shape index (κ2) is 7.19. The SMILES string of the molecule is NNC(=O)C(CSc1ccc(F)cc1F)c1ccccc1. The van der Waals surface area contributed by atoms with Crippen LogP contribution in [0.25, 0.3) is 0 Å². The summed E-state index contributed by atoms with van der Waals surface area (Å²) in [5.74, 6) is 3.37. The van der Waals surface area contributed by atoms with Crippen molar-refractivity contribution < 1.29 is 13.6 Å². The van der Waals surface area contributed by atoms with Gasteiger partial charge in [0.15, 0.2) is 0 Å². The van der Waals surface area contributed by atoms with E-state index in [1.54, 1.807) is 0 Å². The monoisotopic (exact) mass is 308 g/mol. The zero-order valence-electron chi connectivity index (χ0n) is 11.1. The predicted octanol–water partition coefficient (Wildman–Crippen LogP) is 2.83. The van der Waals surface area contributed by atoms with Crippen LogP contribution in [0.2, 0.25) is 0 Å². The molecule has 110 valence electrons. The molecule has 1 atom stereocenters. The first-order valence-corrected chi connectivity index (χ1v) is 7.23. The van der Waals surface area contributed by atoms with Gasteiger partial charge in [-0.2, -0.15) is 0 Å². The van der Waals surface area contributed by atoms with E-state index in [1.807, 2.05) is 30.3 Å². The van der Waals surface area contributed by atoms with Gasteiger partial charge in [0.05, 0.1) is 5.92 Å². The van der Waals surface area contributed by atoms with E-state index in [1.165, 1.54) is 12.1 Å². The zero-order chi connectivity index (χ0) is 15.2. The Labute approximate surface area is 125 Å². The first kappa shape index (κ1) is 15.5. The highest BCUT2D eigenvalue weighted by Crippen LogP contribution is 2.28. The van der Waals surface area contributed by atoms with E-state index in [-0.39, 0.29) is 5.91 Å². The standard InChI is InChI=1S/C15H14F2N2OS/c16-11-6-7-14(13(17)8-11)21-9-12(15(20)19-18)10-4-2-1-3-5-10/h1-8,12H,9,18H2,(H,19,20). The summed E-state index contributed by atoms with van der Waals surface area (Å²) in [6, 6.07) is 12.5. The summed E-state index contributed by atoms with van der Waals surface area (Å²) in [7, 11) is 0. The van der Waals surface area contributed by atoms with Gasteiger partial charge in [0, 0.05) is 16.7 Å². The van der Waals surface area contributed by atoms with E-state index in [0.29, 0.717) is 10.6 Å². The molecule has 0 aliphatic heterocycles. The first-order chi connectivity index (χ1) is 10.1. The Morgan fingerprint density at radius 2 is 1.90 bits per heavy atom. The molecule has 2 aromatic rings. The molecule has 21 heavy (non-hydrogen) atoms. The molecule has 2 aromatic carbocycles. The van der Waals surface area contributed by atoms with Crippen molar-refractivity contribution in [2.75, 3.05) is 5.75 Å². The smallest absolute Gasteiger partial charge is 0.242 e. The minimum Gasteiger partial charge on any atom is -0.294 e. The van der Waals surface area contributed by atoms with Gasteiger partial charge < -0.3 is 0 Å². The number of thioether (sulfide) groups is 1. The fourth-order valence-electron chi connectivity index (χ4n) is 1.87. The van der Waals surface area contributed by atoms with Gasteiger partial charge in [0.25, 0.3) is 0 Å². The van der Waals surface area contributed by atoms with Crippen LogP contribution in [0.5, 0.6) is 0 Å². The van der Waals surface area contributed by atoms with Gasteiger partial charge in [-0.05, 0) is 17.7 Å². The highest BCUT2D eigenvalue weighted by Gasteiger charge is 2.20. The summed E-state index contributed by atoms with van der Waals surface area (Å²) in [4.78, 5) is 12.2. The van der Waals surface area contributed by atoms with Crippen LogP contribution in [0, 0.1) is 11.6 Å². The lowest BCUT2D eigenvalue weighted by atomic mass is 10.0. The predicted molar refractivity (Wildman–Crippen MR) is 78.6 cm³/mol. The number of amides is 1. The minimum absolute atomic E-state index is 0.294.